The Morgan fingerprint density at radius 2 is 2.14 bits per heavy atom. The Bertz CT molecular complexity index is 505. The van der Waals surface area contributed by atoms with Crippen LogP contribution in [0.25, 0.3) is 0 Å². The van der Waals surface area contributed by atoms with Crippen LogP contribution in [0.15, 0.2) is 18.2 Å². The molecule has 0 radical (unpaired) electrons. The molecule has 0 aliphatic carbocycles. The van der Waals surface area contributed by atoms with Crippen LogP contribution < -0.4 is 16.0 Å². The van der Waals surface area contributed by atoms with Crippen LogP contribution in [-0.2, 0) is 9.53 Å². The number of carboxylic acid groups (broad SMARTS) is 1. The van der Waals surface area contributed by atoms with Crippen LogP contribution >= 0.6 is 0 Å². The Morgan fingerprint density at radius 1 is 1.43 bits per heavy atom. The van der Waals surface area contributed by atoms with Gasteiger partial charge in [-0.15, -0.1) is 0 Å². The fraction of sp³-hybridized carbons (Fsp3) is 0.429. The van der Waals surface area contributed by atoms with Crippen LogP contribution in [-0.4, -0.2) is 50.8 Å². The first-order valence-corrected chi connectivity index (χ1v) is 6.55. The monoisotopic (exact) mass is 295 g/mol. The van der Waals surface area contributed by atoms with E-state index in [1.54, 1.807) is 31.2 Å². The van der Waals surface area contributed by atoms with Crippen molar-refractivity contribution in [1.29, 1.82) is 0 Å². The molecular weight excluding hydrogens is 274 g/mol. The fourth-order valence-corrected chi connectivity index (χ4v) is 1.86. The first-order chi connectivity index (χ1) is 9.95. The molecule has 1 aromatic rings. The van der Waals surface area contributed by atoms with Gasteiger partial charge >= 0.3 is 5.97 Å². The molecule has 1 amide bonds. The van der Waals surface area contributed by atoms with E-state index in [0.717, 1.165) is 6.42 Å². The zero-order valence-corrected chi connectivity index (χ0v) is 12.3. The molecule has 1 aromatic carbocycles. The van der Waals surface area contributed by atoms with Gasteiger partial charge in [0.2, 0.25) is 5.91 Å². The van der Waals surface area contributed by atoms with Crippen molar-refractivity contribution in [2.24, 2.45) is 0 Å². The molecule has 21 heavy (non-hydrogen) atoms. The van der Waals surface area contributed by atoms with E-state index in [4.69, 9.17) is 10.5 Å². The lowest BCUT2D eigenvalue weighted by atomic mass is 10.1. The number of nitrogens with one attached hydrogen (secondary N) is 1. The van der Waals surface area contributed by atoms with Gasteiger partial charge in [0.05, 0.1) is 17.8 Å². The minimum Gasteiger partial charge on any atom is -0.478 e. The second-order valence-electron chi connectivity index (χ2n) is 4.63. The molecule has 0 aliphatic rings. The van der Waals surface area contributed by atoms with Gasteiger partial charge in [0, 0.05) is 33.0 Å². The number of nitrogens with zero attached hydrogens (tertiary/aromatic N) is 1. The number of hydrogen-bond acceptors (Lipinski definition) is 5. The quantitative estimate of drug-likeness (QED) is 0.478. The SMILES string of the molecule is COCCCNC(=O)CN(C)c1ccc(N)cc1C(=O)O. The summed E-state index contributed by atoms with van der Waals surface area (Å²) in [6.07, 6.45) is 0.730. The number of aromatic carboxylic acids is 1. The van der Waals surface area contributed by atoms with Gasteiger partial charge in [-0.1, -0.05) is 0 Å². The van der Waals surface area contributed by atoms with Crippen molar-refractivity contribution >= 4 is 23.3 Å². The summed E-state index contributed by atoms with van der Waals surface area (Å²) < 4.78 is 4.89. The molecule has 0 heterocycles. The summed E-state index contributed by atoms with van der Waals surface area (Å²) in [6, 6.07) is 4.58. The fourth-order valence-electron chi connectivity index (χ4n) is 1.86. The van der Waals surface area contributed by atoms with Crippen LogP contribution in [0.5, 0.6) is 0 Å². The van der Waals surface area contributed by atoms with Crippen molar-refractivity contribution < 1.29 is 19.4 Å². The molecule has 0 aliphatic heterocycles. The number of hydrogen-bond donors (Lipinski definition) is 3. The van der Waals surface area contributed by atoms with Crippen molar-refractivity contribution in [1.82, 2.24) is 5.32 Å². The predicted molar refractivity (Wildman–Crippen MR) is 80.6 cm³/mol. The van der Waals surface area contributed by atoms with Crippen molar-refractivity contribution in [2.45, 2.75) is 6.42 Å². The number of rotatable bonds is 8. The normalized spacial score (nSPS) is 10.2. The molecule has 1 rings (SSSR count). The molecule has 7 heteroatoms. The highest BCUT2D eigenvalue weighted by molar-refractivity contribution is 5.96. The van der Waals surface area contributed by atoms with Crippen LogP contribution in [0.1, 0.15) is 16.8 Å². The van der Waals surface area contributed by atoms with Gasteiger partial charge in [-0.2, -0.15) is 0 Å². The Morgan fingerprint density at radius 3 is 2.76 bits per heavy atom. The molecule has 0 saturated heterocycles. The van der Waals surface area contributed by atoms with Gasteiger partial charge in [0.1, 0.15) is 0 Å². The molecule has 0 fully saturated rings. The molecule has 0 atom stereocenters. The number of nitrogens with two attached hydrogens (primary N) is 1. The predicted octanol–water partition coefficient (Wildman–Crippen LogP) is 0.556. The molecule has 0 saturated carbocycles. The van der Waals surface area contributed by atoms with E-state index in [0.29, 0.717) is 24.5 Å². The first-order valence-electron chi connectivity index (χ1n) is 6.55. The summed E-state index contributed by atoms with van der Waals surface area (Å²) in [5.74, 6) is -1.26. The standard InChI is InChI=1S/C14H21N3O4/c1-17(9-13(18)16-6-3-7-21-2)12-5-4-10(15)8-11(12)14(19)20/h4-5,8H,3,6-7,9,15H2,1-2H3,(H,16,18)(H,19,20). The van der Waals surface area contributed by atoms with E-state index >= 15 is 0 Å². The van der Waals surface area contributed by atoms with Crippen molar-refractivity contribution in [3.63, 3.8) is 0 Å². The van der Waals surface area contributed by atoms with E-state index in [-0.39, 0.29) is 18.0 Å². The van der Waals surface area contributed by atoms with Crippen LogP contribution in [0.4, 0.5) is 11.4 Å². The number of amides is 1. The third-order valence-corrected chi connectivity index (χ3v) is 2.89. The minimum absolute atomic E-state index is 0.0666. The highest BCUT2D eigenvalue weighted by atomic mass is 16.5. The van der Waals surface area contributed by atoms with Gasteiger partial charge in [-0.25, -0.2) is 4.79 Å². The molecule has 0 bridgehead atoms. The van der Waals surface area contributed by atoms with Gasteiger partial charge in [0.25, 0.3) is 0 Å². The third kappa shape index (κ3) is 5.31. The van der Waals surface area contributed by atoms with Gasteiger partial charge < -0.3 is 25.8 Å². The average molecular weight is 295 g/mol. The Hall–Kier alpha value is -2.28. The highest BCUT2D eigenvalue weighted by Crippen LogP contribution is 2.22. The number of likely N-dealkylation sites (N-methyl/N-ethyl adjacent to an activating group) is 1. The molecule has 0 spiro atoms. The number of carboxylic acids is 1. The molecule has 4 N–H and O–H groups in total. The molecule has 0 aromatic heterocycles. The maximum absolute atomic E-state index is 11.8. The van der Waals surface area contributed by atoms with Gasteiger partial charge in [-0.3, -0.25) is 4.79 Å². The summed E-state index contributed by atoms with van der Waals surface area (Å²) in [4.78, 5) is 24.6. The largest absolute Gasteiger partial charge is 0.478 e. The molecule has 0 unspecified atom stereocenters. The van der Waals surface area contributed by atoms with Crippen LogP contribution in [0.3, 0.4) is 0 Å². The Balaban J connectivity index is 2.65. The van der Waals surface area contributed by atoms with Crippen LogP contribution in [0, 0.1) is 0 Å². The summed E-state index contributed by atoms with van der Waals surface area (Å²) in [5, 5.41) is 11.9. The summed E-state index contributed by atoms with van der Waals surface area (Å²) in [6.45, 7) is 1.17. The molecular formula is C14H21N3O4. The highest BCUT2D eigenvalue weighted by Gasteiger charge is 2.15. The lowest BCUT2D eigenvalue weighted by molar-refractivity contribution is -0.119. The lowest BCUT2D eigenvalue weighted by Crippen LogP contribution is -2.36. The van der Waals surface area contributed by atoms with Crippen molar-refractivity contribution in [3.8, 4) is 0 Å². The number of methoxy groups -OCH3 is 1. The van der Waals surface area contributed by atoms with E-state index in [1.807, 2.05) is 0 Å². The van der Waals surface area contributed by atoms with Crippen molar-refractivity contribution in [2.75, 3.05) is 44.5 Å². The topological polar surface area (TPSA) is 105 Å². The second kappa shape index (κ2) is 8.11. The van der Waals surface area contributed by atoms with Crippen molar-refractivity contribution in [3.05, 3.63) is 23.8 Å². The number of benzene rings is 1. The zero-order chi connectivity index (χ0) is 15.8. The zero-order valence-electron chi connectivity index (χ0n) is 12.3. The number of carbonyl (C=O) groups excluding carboxylic acids is 1. The summed E-state index contributed by atoms with van der Waals surface area (Å²) >= 11 is 0. The van der Waals surface area contributed by atoms with E-state index < -0.39 is 5.97 Å². The smallest absolute Gasteiger partial charge is 0.337 e. The first kappa shape index (κ1) is 16.8. The average Bonchev–Trinajstić information content (AvgIpc) is 2.43. The van der Waals surface area contributed by atoms with E-state index in [2.05, 4.69) is 5.32 Å². The maximum atomic E-state index is 11.8. The van der Waals surface area contributed by atoms with E-state index in [1.165, 1.54) is 6.07 Å². The van der Waals surface area contributed by atoms with E-state index in [9.17, 15) is 14.7 Å². The van der Waals surface area contributed by atoms with Gasteiger partial charge in [0.15, 0.2) is 0 Å². The molecule has 7 nitrogen and oxygen atoms in total. The molecule has 116 valence electrons. The number of nitrogen functional groups attached to an aromatic ring is 1. The summed E-state index contributed by atoms with van der Waals surface area (Å²) in [7, 11) is 3.26. The van der Waals surface area contributed by atoms with Gasteiger partial charge in [-0.05, 0) is 24.6 Å². The lowest BCUT2D eigenvalue weighted by Gasteiger charge is -2.21. The Kier molecular flexibility index (Phi) is 6.48. The minimum atomic E-state index is -1.08. The Labute approximate surface area is 123 Å². The number of anilines is 2. The third-order valence-electron chi connectivity index (χ3n) is 2.89. The number of carbonyl (C=O) groups is 2. The second-order valence-corrected chi connectivity index (χ2v) is 4.63. The number of ether oxygens (including phenoxy) is 1. The van der Waals surface area contributed by atoms with Crippen LogP contribution in [0.2, 0.25) is 0 Å². The summed E-state index contributed by atoms with van der Waals surface area (Å²) in [5.41, 5.74) is 6.48. The maximum Gasteiger partial charge on any atom is 0.337 e.